The monoisotopic (exact) mass is 421 g/mol. The minimum absolute atomic E-state index is 0.353. The van der Waals surface area contributed by atoms with E-state index in [1.165, 1.54) is 12.1 Å². The van der Waals surface area contributed by atoms with Gasteiger partial charge in [0.25, 0.3) is 0 Å². The van der Waals surface area contributed by atoms with E-state index in [1.807, 2.05) is 18.2 Å². The molecule has 1 aliphatic heterocycles. The number of halogens is 1. The minimum Gasteiger partial charge on any atom is -0.439 e. The van der Waals surface area contributed by atoms with Crippen molar-refractivity contribution in [2.75, 3.05) is 38.1 Å². The summed E-state index contributed by atoms with van der Waals surface area (Å²) in [6, 6.07) is 11.6. The van der Waals surface area contributed by atoms with E-state index in [4.69, 9.17) is 4.74 Å². The molecule has 160 valence electrons. The van der Waals surface area contributed by atoms with Gasteiger partial charge in [0.05, 0.1) is 0 Å². The van der Waals surface area contributed by atoms with Crippen LogP contribution < -0.4 is 15.0 Å². The number of nitrogens with zero attached hydrogens (tertiary/aromatic N) is 6. The number of nitrogens with one attached hydrogen (secondary N) is 1. The van der Waals surface area contributed by atoms with E-state index in [0.717, 1.165) is 43.7 Å². The van der Waals surface area contributed by atoms with Gasteiger partial charge in [-0.3, -0.25) is 4.99 Å². The van der Waals surface area contributed by atoms with E-state index >= 15 is 0 Å². The topological polar surface area (TPSA) is 78.8 Å². The predicted molar refractivity (Wildman–Crippen MR) is 117 cm³/mol. The van der Waals surface area contributed by atoms with Crippen molar-refractivity contribution < 1.29 is 9.13 Å². The third kappa shape index (κ3) is 5.25. The van der Waals surface area contributed by atoms with E-state index in [2.05, 4.69) is 35.1 Å². The number of benzene rings is 1. The van der Waals surface area contributed by atoms with Crippen LogP contribution in [0.2, 0.25) is 0 Å². The summed E-state index contributed by atoms with van der Waals surface area (Å²) in [5.74, 6) is 2.04. The molecule has 1 aromatic carbocycles. The molecule has 0 spiro atoms. The molecule has 0 unspecified atom stereocenters. The van der Waals surface area contributed by atoms with Gasteiger partial charge in [-0.25, -0.2) is 19.3 Å². The van der Waals surface area contributed by atoms with E-state index in [9.17, 15) is 4.39 Å². The van der Waals surface area contributed by atoms with E-state index in [-0.39, 0.29) is 5.82 Å². The molecular weight excluding hydrogens is 397 g/mol. The highest BCUT2D eigenvalue weighted by atomic mass is 19.1. The van der Waals surface area contributed by atoms with Crippen molar-refractivity contribution in [2.45, 2.75) is 6.54 Å². The Morgan fingerprint density at radius 1 is 1.03 bits per heavy atom. The van der Waals surface area contributed by atoms with Crippen LogP contribution in [-0.2, 0) is 6.54 Å². The van der Waals surface area contributed by atoms with Crippen molar-refractivity contribution in [1.29, 1.82) is 0 Å². The first-order chi connectivity index (χ1) is 15.2. The molecule has 3 aromatic rings. The maximum atomic E-state index is 13.5. The lowest BCUT2D eigenvalue weighted by Gasteiger charge is -2.36. The zero-order valence-corrected chi connectivity index (χ0v) is 17.3. The van der Waals surface area contributed by atoms with Gasteiger partial charge in [-0.15, -0.1) is 0 Å². The molecule has 0 saturated carbocycles. The van der Waals surface area contributed by atoms with Gasteiger partial charge in [0.15, 0.2) is 5.96 Å². The molecule has 1 N–H and O–H groups in total. The molecule has 1 fully saturated rings. The lowest BCUT2D eigenvalue weighted by atomic mass is 10.2. The van der Waals surface area contributed by atoms with Crippen molar-refractivity contribution in [3.63, 3.8) is 0 Å². The highest BCUT2D eigenvalue weighted by Gasteiger charge is 2.21. The molecule has 1 saturated heterocycles. The van der Waals surface area contributed by atoms with E-state index in [0.29, 0.717) is 18.2 Å². The molecule has 0 atom stereocenters. The molecular formula is C22H24FN7O. The minimum atomic E-state index is -0.353. The van der Waals surface area contributed by atoms with Gasteiger partial charge in [-0.1, -0.05) is 12.1 Å². The zero-order chi connectivity index (χ0) is 21.5. The number of piperazine rings is 1. The molecule has 2 aromatic heterocycles. The summed E-state index contributed by atoms with van der Waals surface area (Å²) in [4.78, 5) is 21.7. The van der Waals surface area contributed by atoms with Gasteiger partial charge in [0.1, 0.15) is 11.6 Å². The predicted octanol–water partition coefficient (Wildman–Crippen LogP) is 2.70. The second kappa shape index (κ2) is 9.84. The van der Waals surface area contributed by atoms with E-state index in [1.54, 1.807) is 37.8 Å². The summed E-state index contributed by atoms with van der Waals surface area (Å²) >= 11 is 0. The molecule has 1 aliphatic rings. The van der Waals surface area contributed by atoms with Gasteiger partial charge in [-0.05, 0) is 24.3 Å². The number of guanidine groups is 1. The van der Waals surface area contributed by atoms with Crippen molar-refractivity contribution in [3.8, 4) is 11.6 Å². The fourth-order valence-corrected chi connectivity index (χ4v) is 3.37. The summed E-state index contributed by atoms with van der Waals surface area (Å²) in [7, 11) is 1.77. The summed E-state index contributed by atoms with van der Waals surface area (Å²) in [5, 5.41) is 3.38. The van der Waals surface area contributed by atoms with Gasteiger partial charge < -0.3 is 19.9 Å². The van der Waals surface area contributed by atoms with Gasteiger partial charge in [-0.2, -0.15) is 0 Å². The summed E-state index contributed by atoms with van der Waals surface area (Å²) in [5.41, 5.74) is 0.851. The number of rotatable bonds is 5. The van der Waals surface area contributed by atoms with Crippen LogP contribution in [0.3, 0.4) is 0 Å². The van der Waals surface area contributed by atoms with Crippen molar-refractivity contribution in [3.05, 3.63) is 72.4 Å². The van der Waals surface area contributed by atoms with Crippen LogP contribution in [0.1, 0.15) is 5.56 Å². The average molecular weight is 421 g/mol. The smallest absolute Gasteiger partial charge is 0.225 e. The number of ether oxygens (including phenoxy) is 1. The second-order valence-electron chi connectivity index (χ2n) is 6.95. The molecule has 9 heteroatoms. The Kier molecular flexibility index (Phi) is 6.51. The Balaban J connectivity index is 1.36. The second-order valence-corrected chi connectivity index (χ2v) is 6.95. The van der Waals surface area contributed by atoms with Crippen LogP contribution in [0.25, 0.3) is 0 Å². The van der Waals surface area contributed by atoms with Crippen LogP contribution in [0.4, 0.5) is 10.3 Å². The SMILES string of the molecule is CN=C(NCc1cccnc1Oc1cccc(F)c1)N1CCN(c2ncccn2)CC1. The van der Waals surface area contributed by atoms with Crippen molar-refractivity contribution in [1.82, 2.24) is 25.2 Å². The summed E-state index contributed by atoms with van der Waals surface area (Å²) in [6.07, 6.45) is 5.16. The third-order valence-corrected chi connectivity index (χ3v) is 4.92. The number of aromatic nitrogens is 3. The zero-order valence-electron chi connectivity index (χ0n) is 17.3. The Hall–Kier alpha value is -3.75. The highest BCUT2D eigenvalue weighted by molar-refractivity contribution is 5.80. The first kappa shape index (κ1) is 20.5. The summed E-state index contributed by atoms with van der Waals surface area (Å²) < 4.78 is 19.3. The van der Waals surface area contributed by atoms with Crippen LogP contribution >= 0.6 is 0 Å². The Morgan fingerprint density at radius 3 is 2.55 bits per heavy atom. The molecule has 0 bridgehead atoms. The number of hydrogen-bond acceptors (Lipinski definition) is 6. The number of anilines is 1. The third-order valence-electron chi connectivity index (χ3n) is 4.92. The normalized spacial score (nSPS) is 14.5. The number of aliphatic imine (C=N–C) groups is 1. The van der Waals surface area contributed by atoms with Gasteiger partial charge in [0.2, 0.25) is 11.8 Å². The molecule has 0 radical (unpaired) electrons. The first-order valence-electron chi connectivity index (χ1n) is 10.1. The fourth-order valence-electron chi connectivity index (χ4n) is 3.37. The lowest BCUT2D eigenvalue weighted by molar-refractivity contribution is 0.369. The molecule has 4 rings (SSSR count). The Bertz CT molecular complexity index is 1020. The van der Waals surface area contributed by atoms with Gasteiger partial charge in [0, 0.05) is 70.0 Å². The number of hydrogen-bond donors (Lipinski definition) is 1. The van der Waals surface area contributed by atoms with E-state index < -0.39 is 0 Å². The standard InChI is InChI=1S/C22H24FN7O/c1-24-21(29-11-13-30(14-12-29)22-26-9-4-10-27-22)28-16-17-5-3-8-25-20(17)31-19-7-2-6-18(23)15-19/h2-10,15H,11-14,16H2,1H3,(H,24,28). The maximum absolute atomic E-state index is 13.5. The van der Waals surface area contributed by atoms with Crippen LogP contribution in [0, 0.1) is 5.82 Å². The van der Waals surface area contributed by atoms with Crippen LogP contribution in [0.5, 0.6) is 11.6 Å². The highest BCUT2D eigenvalue weighted by Crippen LogP contribution is 2.23. The Labute approximate surface area is 180 Å². The molecule has 0 amide bonds. The van der Waals surface area contributed by atoms with Gasteiger partial charge >= 0.3 is 0 Å². The molecule has 8 nitrogen and oxygen atoms in total. The fraction of sp³-hybridized carbons (Fsp3) is 0.273. The molecule has 0 aliphatic carbocycles. The molecule has 3 heterocycles. The quantitative estimate of drug-likeness (QED) is 0.501. The average Bonchev–Trinajstić information content (AvgIpc) is 2.81. The van der Waals surface area contributed by atoms with Crippen LogP contribution in [0.15, 0.2) is 66.0 Å². The maximum Gasteiger partial charge on any atom is 0.225 e. The first-order valence-corrected chi connectivity index (χ1v) is 10.1. The van der Waals surface area contributed by atoms with Crippen molar-refractivity contribution >= 4 is 11.9 Å². The van der Waals surface area contributed by atoms with Crippen molar-refractivity contribution in [2.24, 2.45) is 4.99 Å². The summed E-state index contributed by atoms with van der Waals surface area (Å²) in [6.45, 7) is 3.71. The Morgan fingerprint density at radius 2 is 1.81 bits per heavy atom. The van der Waals surface area contributed by atoms with Crippen LogP contribution in [-0.4, -0.2) is 59.0 Å². The largest absolute Gasteiger partial charge is 0.439 e. The number of pyridine rings is 1. The lowest BCUT2D eigenvalue weighted by Crippen LogP contribution is -2.52. The molecule has 31 heavy (non-hydrogen) atoms.